The number of carbonyl (C=O) groups is 1. The molecule has 19 heavy (non-hydrogen) atoms. The van der Waals surface area contributed by atoms with Crippen LogP contribution in [0.5, 0.6) is 11.5 Å². The van der Waals surface area contributed by atoms with Gasteiger partial charge in [0.15, 0.2) is 17.3 Å². The number of ether oxygens (including phenoxy) is 2. The number of benzene rings is 1. The van der Waals surface area contributed by atoms with Crippen LogP contribution in [0.15, 0.2) is 24.3 Å². The summed E-state index contributed by atoms with van der Waals surface area (Å²) in [4.78, 5) is 14.6. The highest BCUT2D eigenvalue weighted by Crippen LogP contribution is 2.38. The van der Waals surface area contributed by atoms with Crippen molar-refractivity contribution in [3.63, 3.8) is 0 Å². The van der Waals surface area contributed by atoms with Gasteiger partial charge in [0.25, 0.3) is 5.72 Å². The molecule has 0 spiro atoms. The number of hydrogen-bond donors (Lipinski definition) is 0. The molecule has 0 aliphatic carbocycles. The molecule has 2 aliphatic rings. The van der Waals surface area contributed by atoms with Crippen molar-refractivity contribution in [1.82, 2.24) is 4.90 Å². The fourth-order valence-electron chi connectivity index (χ4n) is 2.86. The predicted molar refractivity (Wildman–Crippen MR) is 71.4 cm³/mol. The van der Waals surface area contributed by atoms with Gasteiger partial charge in [-0.25, -0.2) is 0 Å². The van der Waals surface area contributed by atoms with Crippen LogP contribution in [0, 0.1) is 0 Å². The second-order valence-corrected chi connectivity index (χ2v) is 5.09. The molecule has 2 heterocycles. The zero-order valence-corrected chi connectivity index (χ0v) is 11.2. The first kappa shape index (κ1) is 12.5. The minimum atomic E-state index is -0.917. The van der Waals surface area contributed by atoms with Gasteiger partial charge in [-0.1, -0.05) is 19.1 Å². The van der Waals surface area contributed by atoms with Crippen molar-refractivity contribution in [2.75, 3.05) is 19.7 Å². The van der Waals surface area contributed by atoms with Crippen molar-refractivity contribution >= 4 is 5.78 Å². The molecule has 4 heteroatoms. The van der Waals surface area contributed by atoms with Gasteiger partial charge in [0, 0.05) is 19.5 Å². The van der Waals surface area contributed by atoms with Gasteiger partial charge in [-0.2, -0.15) is 0 Å². The zero-order valence-electron chi connectivity index (χ0n) is 11.2. The van der Waals surface area contributed by atoms with Gasteiger partial charge in [0.05, 0.1) is 0 Å². The molecule has 0 saturated carbocycles. The van der Waals surface area contributed by atoms with Crippen LogP contribution in [-0.4, -0.2) is 36.1 Å². The molecule has 0 bridgehead atoms. The molecule has 0 N–H and O–H groups in total. The van der Waals surface area contributed by atoms with Crippen LogP contribution < -0.4 is 9.47 Å². The van der Waals surface area contributed by atoms with Crippen LogP contribution in [0.4, 0.5) is 0 Å². The van der Waals surface area contributed by atoms with E-state index in [-0.39, 0.29) is 12.4 Å². The van der Waals surface area contributed by atoms with Gasteiger partial charge in [0.1, 0.15) is 6.61 Å². The Morgan fingerprint density at radius 1 is 1.26 bits per heavy atom. The molecule has 102 valence electrons. The lowest BCUT2D eigenvalue weighted by Crippen LogP contribution is -2.62. The molecule has 1 aromatic carbocycles. The number of para-hydroxylation sites is 2. The topological polar surface area (TPSA) is 38.8 Å². The first-order valence-electron chi connectivity index (χ1n) is 6.95. The Hall–Kier alpha value is -1.55. The maximum Gasteiger partial charge on any atom is 0.256 e. The van der Waals surface area contributed by atoms with Gasteiger partial charge in [-0.3, -0.25) is 9.69 Å². The summed E-state index contributed by atoms with van der Waals surface area (Å²) < 4.78 is 11.9. The number of hydrogen-bond acceptors (Lipinski definition) is 4. The Morgan fingerprint density at radius 2 is 1.95 bits per heavy atom. The third kappa shape index (κ3) is 2.00. The second-order valence-electron chi connectivity index (χ2n) is 5.09. The van der Waals surface area contributed by atoms with Crippen molar-refractivity contribution in [1.29, 1.82) is 0 Å². The van der Waals surface area contributed by atoms with Gasteiger partial charge in [0.2, 0.25) is 0 Å². The lowest BCUT2D eigenvalue weighted by atomic mass is 10.0. The lowest BCUT2D eigenvalue weighted by molar-refractivity contribution is -0.163. The van der Waals surface area contributed by atoms with Crippen molar-refractivity contribution in [2.24, 2.45) is 0 Å². The standard InChI is InChI=1S/C15H19NO3/c1-2-14(17)15(16-9-5-6-10-16)11-18-12-7-3-4-8-13(12)19-15/h3-4,7-8H,2,5-6,9-11H2,1H3. The highest BCUT2D eigenvalue weighted by atomic mass is 16.6. The molecule has 2 aliphatic heterocycles. The van der Waals surface area contributed by atoms with Gasteiger partial charge in [-0.15, -0.1) is 0 Å². The second kappa shape index (κ2) is 4.85. The summed E-state index contributed by atoms with van der Waals surface area (Å²) in [5.74, 6) is 1.49. The molecule has 0 radical (unpaired) electrons. The number of ketones is 1. The third-order valence-corrected chi connectivity index (χ3v) is 3.92. The van der Waals surface area contributed by atoms with E-state index < -0.39 is 5.72 Å². The Balaban J connectivity index is 1.96. The molecule has 3 rings (SSSR count). The van der Waals surface area contributed by atoms with Crippen LogP contribution in [0.2, 0.25) is 0 Å². The summed E-state index contributed by atoms with van der Waals surface area (Å²) in [5, 5.41) is 0. The molecule has 1 unspecified atom stereocenters. The smallest absolute Gasteiger partial charge is 0.256 e. The molecule has 1 saturated heterocycles. The highest BCUT2D eigenvalue weighted by Gasteiger charge is 2.49. The van der Waals surface area contributed by atoms with Crippen LogP contribution in [0.3, 0.4) is 0 Å². The Labute approximate surface area is 113 Å². The Kier molecular flexibility index (Phi) is 3.19. The number of fused-ring (bicyclic) bond motifs is 1. The van der Waals surface area contributed by atoms with E-state index in [0.29, 0.717) is 12.2 Å². The van der Waals surface area contributed by atoms with Crippen LogP contribution >= 0.6 is 0 Å². The molecular formula is C15H19NO3. The fraction of sp³-hybridized carbons (Fsp3) is 0.533. The summed E-state index contributed by atoms with van der Waals surface area (Å²) in [7, 11) is 0. The van der Waals surface area contributed by atoms with E-state index in [1.165, 1.54) is 0 Å². The van der Waals surface area contributed by atoms with E-state index in [1.807, 2.05) is 31.2 Å². The summed E-state index contributed by atoms with van der Waals surface area (Å²) >= 11 is 0. The summed E-state index contributed by atoms with van der Waals surface area (Å²) in [6.45, 7) is 3.97. The first-order chi connectivity index (χ1) is 9.26. The largest absolute Gasteiger partial charge is 0.483 e. The summed E-state index contributed by atoms with van der Waals surface area (Å²) in [5.41, 5.74) is -0.917. The van der Waals surface area contributed by atoms with Crippen LogP contribution in [0.1, 0.15) is 26.2 Å². The van der Waals surface area contributed by atoms with E-state index in [0.717, 1.165) is 31.7 Å². The maximum atomic E-state index is 12.4. The number of likely N-dealkylation sites (tertiary alicyclic amines) is 1. The monoisotopic (exact) mass is 261 g/mol. The lowest BCUT2D eigenvalue weighted by Gasteiger charge is -2.42. The Bertz CT molecular complexity index is 482. The molecule has 1 aromatic rings. The minimum Gasteiger partial charge on any atom is -0.483 e. The van der Waals surface area contributed by atoms with Crippen LogP contribution in [-0.2, 0) is 4.79 Å². The molecule has 1 fully saturated rings. The SMILES string of the molecule is CCC(=O)C1(N2CCCC2)COc2ccccc2O1. The third-order valence-electron chi connectivity index (χ3n) is 3.92. The summed E-state index contributed by atoms with van der Waals surface area (Å²) in [6, 6.07) is 7.55. The van der Waals surface area contributed by atoms with E-state index in [9.17, 15) is 4.79 Å². The van der Waals surface area contributed by atoms with E-state index >= 15 is 0 Å². The molecule has 0 aromatic heterocycles. The minimum absolute atomic E-state index is 0.101. The van der Waals surface area contributed by atoms with Crippen molar-refractivity contribution in [3.05, 3.63) is 24.3 Å². The molecule has 4 nitrogen and oxygen atoms in total. The normalized spacial score (nSPS) is 26.4. The molecular weight excluding hydrogens is 242 g/mol. The van der Waals surface area contributed by atoms with Gasteiger partial charge < -0.3 is 9.47 Å². The average molecular weight is 261 g/mol. The number of Topliss-reactive ketones (excluding diaryl/α,β-unsaturated/α-hetero) is 1. The predicted octanol–water partition coefficient (Wildman–Crippen LogP) is 2.23. The molecule has 0 amide bonds. The van der Waals surface area contributed by atoms with E-state index in [1.54, 1.807) is 0 Å². The number of rotatable bonds is 3. The van der Waals surface area contributed by atoms with Gasteiger partial charge >= 0.3 is 0 Å². The summed E-state index contributed by atoms with van der Waals surface area (Å²) in [6.07, 6.45) is 2.69. The van der Waals surface area contributed by atoms with Gasteiger partial charge in [-0.05, 0) is 25.0 Å². The molecule has 1 atom stereocenters. The van der Waals surface area contributed by atoms with Crippen molar-refractivity contribution in [3.8, 4) is 11.5 Å². The Morgan fingerprint density at radius 3 is 2.63 bits per heavy atom. The van der Waals surface area contributed by atoms with Crippen molar-refractivity contribution in [2.45, 2.75) is 31.9 Å². The fourth-order valence-corrected chi connectivity index (χ4v) is 2.86. The number of carbonyl (C=O) groups excluding carboxylic acids is 1. The quantitative estimate of drug-likeness (QED) is 0.836. The number of nitrogens with zero attached hydrogens (tertiary/aromatic N) is 1. The van der Waals surface area contributed by atoms with E-state index in [2.05, 4.69) is 4.90 Å². The average Bonchev–Trinajstić information content (AvgIpc) is 3.00. The maximum absolute atomic E-state index is 12.4. The highest BCUT2D eigenvalue weighted by molar-refractivity contribution is 5.87. The van der Waals surface area contributed by atoms with E-state index in [4.69, 9.17) is 9.47 Å². The zero-order chi connectivity index (χ0) is 13.3. The first-order valence-corrected chi connectivity index (χ1v) is 6.95. The van der Waals surface area contributed by atoms with Crippen LogP contribution in [0.25, 0.3) is 0 Å². The van der Waals surface area contributed by atoms with Crippen molar-refractivity contribution < 1.29 is 14.3 Å².